The molecule has 0 bridgehead atoms. The van der Waals surface area contributed by atoms with Gasteiger partial charge in [-0.25, -0.2) is 9.18 Å². The van der Waals surface area contributed by atoms with Gasteiger partial charge >= 0.3 is 5.97 Å². The number of unbranched alkanes of at least 4 members (excludes halogenated alkanes) is 1. The van der Waals surface area contributed by atoms with Crippen molar-refractivity contribution >= 4 is 5.97 Å². The number of rotatable bonds is 5. The summed E-state index contributed by atoms with van der Waals surface area (Å²) in [4.78, 5) is 12.1. The fourth-order valence-corrected chi connectivity index (χ4v) is 2.64. The van der Waals surface area contributed by atoms with Crippen LogP contribution in [0.15, 0.2) is 72.8 Å². The van der Waals surface area contributed by atoms with Gasteiger partial charge in [0.05, 0.1) is 5.56 Å². The molecule has 0 heterocycles. The van der Waals surface area contributed by atoms with Gasteiger partial charge in [-0.3, -0.25) is 0 Å². The van der Waals surface area contributed by atoms with E-state index in [0.717, 1.165) is 17.5 Å². The molecule has 0 N–H and O–H groups in total. The average molecular weight is 372 g/mol. The van der Waals surface area contributed by atoms with Crippen molar-refractivity contribution in [2.45, 2.75) is 26.2 Å². The van der Waals surface area contributed by atoms with Crippen LogP contribution >= 0.6 is 0 Å². The van der Waals surface area contributed by atoms with Gasteiger partial charge in [0.25, 0.3) is 0 Å². The number of hydrogen-bond acceptors (Lipinski definition) is 2. The molecule has 0 atom stereocenters. The normalized spacial score (nSPS) is 10.1. The van der Waals surface area contributed by atoms with Crippen LogP contribution in [0, 0.1) is 17.7 Å². The topological polar surface area (TPSA) is 26.3 Å². The van der Waals surface area contributed by atoms with Gasteiger partial charge < -0.3 is 4.74 Å². The summed E-state index contributed by atoms with van der Waals surface area (Å²) >= 11 is 0. The molecule has 3 aromatic carbocycles. The van der Waals surface area contributed by atoms with Crippen molar-refractivity contribution in [1.82, 2.24) is 0 Å². The Morgan fingerprint density at radius 3 is 2.00 bits per heavy atom. The number of esters is 1. The number of carbonyl (C=O) groups is 1. The van der Waals surface area contributed by atoms with Gasteiger partial charge in [0.1, 0.15) is 11.6 Å². The van der Waals surface area contributed by atoms with Crippen LogP contribution in [0.4, 0.5) is 4.39 Å². The second-order valence-corrected chi connectivity index (χ2v) is 6.47. The van der Waals surface area contributed by atoms with Gasteiger partial charge in [-0.15, -0.1) is 0 Å². The molecule has 0 unspecified atom stereocenters. The van der Waals surface area contributed by atoms with Crippen LogP contribution in [0.3, 0.4) is 0 Å². The Hall–Kier alpha value is -3.38. The highest BCUT2D eigenvalue weighted by Crippen LogP contribution is 2.14. The molecule has 0 radical (unpaired) electrons. The first-order chi connectivity index (χ1) is 13.6. The number of halogens is 1. The highest BCUT2D eigenvalue weighted by Gasteiger charge is 2.08. The monoisotopic (exact) mass is 372 g/mol. The van der Waals surface area contributed by atoms with E-state index in [4.69, 9.17) is 4.74 Å². The fourth-order valence-electron chi connectivity index (χ4n) is 2.64. The molecule has 0 aliphatic rings. The summed E-state index contributed by atoms with van der Waals surface area (Å²) in [6.45, 7) is 2.19. The molecule has 0 saturated heterocycles. The van der Waals surface area contributed by atoms with E-state index in [9.17, 15) is 9.18 Å². The summed E-state index contributed by atoms with van der Waals surface area (Å²) < 4.78 is 18.1. The SMILES string of the molecule is CCCCc1ccc(C#Cc2ccc(C(=O)Oc3ccc(F)cc3)cc2)cc1. The first-order valence-electron chi connectivity index (χ1n) is 9.33. The molecule has 0 saturated carbocycles. The number of aryl methyl sites for hydroxylation is 1. The Bertz CT molecular complexity index is 976. The first kappa shape index (κ1) is 19.4. The van der Waals surface area contributed by atoms with Crippen molar-refractivity contribution in [2.75, 3.05) is 0 Å². The van der Waals surface area contributed by atoms with E-state index in [0.29, 0.717) is 11.3 Å². The minimum Gasteiger partial charge on any atom is -0.423 e. The van der Waals surface area contributed by atoms with Crippen LogP contribution in [-0.2, 0) is 6.42 Å². The predicted octanol–water partition coefficient (Wildman–Crippen LogP) is 5.79. The molecule has 0 aliphatic carbocycles. The van der Waals surface area contributed by atoms with Crippen molar-refractivity contribution in [2.24, 2.45) is 0 Å². The number of hydrogen-bond donors (Lipinski definition) is 0. The van der Waals surface area contributed by atoms with Crippen LogP contribution in [-0.4, -0.2) is 5.97 Å². The quantitative estimate of drug-likeness (QED) is 0.322. The maximum Gasteiger partial charge on any atom is 0.343 e. The molecule has 0 aromatic heterocycles. The smallest absolute Gasteiger partial charge is 0.343 e. The maximum atomic E-state index is 12.9. The minimum atomic E-state index is -0.492. The van der Waals surface area contributed by atoms with Gasteiger partial charge in [-0.2, -0.15) is 0 Å². The summed E-state index contributed by atoms with van der Waals surface area (Å²) in [6, 6.07) is 20.5. The first-order valence-corrected chi connectivity index (χ1v) is 9.33. The number of carbonyl (C=O) groups excluding carboxylic acids is 1. The molecule has 3 heteroatoms. The molecule has 0 spiro atoms. The molecular formula is C25H21FO2. The van der Waals surface area contributed by atoms with Gasteiger partial charge in [0, 0.05) is 11.1 Å². The summed E-state index contributed by atoms with van der Waals surface area (Å²) in [5.41, 5.74) is 3.51. The molecular weight excluding hydrogens is 351 g/mol. The third-order valence-corrected chi connectivity index (χ3v) is 4.27. The summed E-state index contributed by atoms with van der Waals surface area (Å²) in [6.07, 6.45) is 3.48. The fraction of sp³-hybridized carbons (Fsp3) is 0.160. The molecule has 140 valence electrons. The third-order valence-electron chi connectivity index (χ3n) is 4.27. The standard InChI is InChI=1S/C25H21FO2/c1-2-3-4-19-5-7-20(8-6-19)9-10-21-11-13-22(14-12-21)25(27)28-24-17-15-23(26)16-18-24/h5-8,11-18H,2-4H2,1H3. The highest BCUT2D eigenvalue weighted by molar-refractivity contribution is 5.91. The Morgan fingerprint density at radius 2 is 1.43 bits per heavy atom. The van der Waals surface area contributed by atoms with E-state index < -0.39 is 5.97 Å². The van der Waals surface area contributed by atoms with Crippen LogP contribution in [0.2, 0.25) is 0 Å². The maximum absolute atomic E-state index is 12.9. The zero-order chi connectivity index (χ0) is 19.8. The Labute approximate surface area is 165 Å². The highest BCUT2D eigenvalue weighted by atomic mass is 19.1. The molecule has 28 heavy (non-hydrogen) atoms. The number of ether oxygens (including phenoxy) is 1. The van der Waals surface area contributed by atoms with Crippen molar-refractivity contribution in [3.63, 3.8) is 0 Å². The molecule has 0 aliphatic heterocycles. The zero-order valence-corrected chi connectivity index (χ0v) is 15.7. The molecule has 0 fully saturated rings. The van der Waals surface area contributed by atoms with E-state index in [2.05, 4.69) is 30.9 Å². The van der Waals surface area contributed by atoms with Crippen molar-refractivity contribution < 1.29 is 13.9 Å². The van der Waals surface area contributed by atoms with Gasteiger partial charge in [-0.05, 0) is 79.1 Å². The Balaban J connectivity index is 1.62. The predicted molar refractivity (Wildman–Crippen MR) is 109 cm³/mol. The van der Waals surface area contributed by atoms with Crippen molar-refractivity contribution in [3.8, 4) is 17.6 Å². The van der Waals surface area contributed by atoms with Gasteiger partial charge in [0.2, 0.25) is 0 Å². The van der Waals surface area contributed by atoms with Crippen LogP contribution in [0.5, 0.6) is 5.75 Å². The van der Waals surface area contributed by atoms with E-state index in [1.165, 1.54) is 42.7 Å². The summed E-state index contributed by atoms with van der Waals surface area (Å²) in [7, 11) is 0. The van der Waals surface area contributed by atoms with E-state index in [1.807, 2.05) is 12.1 Å². The molecule has 2 nitrogen and oxygen atoms in total. The number of benzene rings is 3. The van der Waals surface area contributed by atoms with Gasteiger partial charge in [-0.1, -0.05) is 37.3 Å². The Kier molecular flexibility index (Phi) is 6.59. The second kappa shape index (κ2) is 9.53. The third kappa shape index (κ3) is 5.56. The van der Waals surface area contributed by atoms with Crippen LogP contribution in [0.25, 0.3) is 0 Å². The zero-order valence-electron chi connectivity index (χ0n) is 15.7. The lowest BCUT2D eigenvalue weighted by molar-refractivity contribution is 0.0734. The van der Waals surface area contributed by atoms with E-state index in [1.54, 1.807) is 24.3 Å². The largest absolute Gasteiger partial charge is 0.423 e. The Morgan fingerprint density at radius 1 is 0.857 bits per heavy atom. The van der Waals surface area contributed by atoms with Crippen molar-refractivity contribution in [3.05, 3.63) is 101 Å². The average Bonchev–Trinajstić information content (AvgIpc) is 2.73. The van der Waals surface area contributed by atoms with E-state index >= 15 is 0 Å². The summed E-state index contributed by atoms with van der Waals surface area (Å²) in [5.74, 6) is 5.67. The lowest BCUT2D eigenvalue weighted by Crippen LogP contribution is -2.08. The molecule has 3 rings (SSSR count). The van der Waals surface area contributed by atoms with Crippen LogP contribution < -0.4 is 4.74 Å². The molecule has 0 amide bonds. The lowest BCUT2D eigenvalue weighted by atomic mass is 10.1. The van der Waals surface area contributed by atoms with Gasteiger partial charge in [0.15, 0.2) is 0 Å². The lowest BCUT2D eigenvalue weighted by Gasteiger charge is -2.04. The van der Waals surface area contributed by atoms with E-state index in [-0.39, 0.29) is 5.82 Å². The summed E-state index contributed by atoms with van der Waals surface area (Å²) in [5, 5.41) is 0. The minimum absolute atomic E-state index is 0.303. The molecule has 3 aromatic rings. The van der Waals surface area contributed by atoms with Crippen LogP contribution in [0.1, 0.15) is 46.8 Å². The van der Waals surface area contributed by atoms with Crippen molar-refractivity contribution in [1.29, 1.82) is 0 Å². The second-order valence-electron chi connectivity index (χ2n) is 6.47.